The first-order valence-electron chi connectivity index (χ1n) is 8.61. The molecule has 0 fully saturated rings. The van der Waals surface area contributed by atoms with Crippen molar-refractivity contribution in [3.63, 3.8) is 0 Å². The van der Waals surface area contributed by atoms with E-state index in [1.807, 2.05) is 17.7 Å². The molecule has 0 spiro atoms. The maximum atomic E-state index is 11.0. The van der Waals surface area contributed by atoms with Crippen molar-refractivity contribution in [2.75, 3.05) is 33.2 Å². The molecule has 0 aliphatic carbocycles. The SMILES string of the molecule is COc1cc(N/C(=C\[N+](=O)[O-])NCCCn2cnc(C)c2)cc(OC)c1OC. The van der Waals surface area contributed by atoms with Gasteiger partial charge < -0.3 is 29.4 Å². The average molecular weight is 391 g/mol. The van der Waals surface area contributed by atoms with Crippen LogP contribution in [0.3, 0.4) is 0 Å². The van der Waals surface area contributed by atoms with Crippen LogP contribution in [0, 0.1) is 17.0 Å². The number of ether oxygens (including phenoxy) is 3. The van der Waals surface area contributed by atoms with Crippen molar-refractivity contribution in [2.24, 2.45) is 0 Å². The van der Waals surface area contributed by atoms with Crippen LogP contribution >= 0.6 is 0 Å². The van der Waals surface area contributed by atoms with E-state index in [9.17, 15) is 10.1 Å². The van der Waals surface area contributed by atoms with Crippen molar-refractivity contribution >= 4 is 5.69 Å². The van der Waals surface area contributed by atoms with Crippen LogP contribution in [0.1, 0.15) is 12.1 Å². The minimum Gasteiger partial charge on any atom is -0.493 e. The molecule has 0 atom stereocenters. The molecule has 0 radical (unpaired) electrons. The highest BCUT2D eigenvalue weighted by Crippen LogP contribution is 2.40. The van der Waals surface area contributed by atoms with Gasteiger partial charge in [-0.2, -0.15) is 0 Å². The van der Waals surface area contributed by atoms with Crippen molar-refractivity contribution in [1.82, 2.24) is 14.9 Å². The Morgan fingerprint density at radius 1 is 1.25 bits per heavy atom. The Labute approximate surface area is 163 Å². The largest absolute Gasteiger partial charge is 0.493 e. The molecule has 0 amide bonds. The van der Waals surface area contributed by atoms with Gasteiger partial charge >= 0.3 is 0 Å². The Morgan fingerprint density at radius 3 is 2.43 bits per heavy atom. The molecular weight excluding hydrogens is 366 g/mol. The molecule has 10 nitrogen and oxygen atoms in total. The number of rotatable bonds is 11. The summed E-state index contributed by atoms with van der Waals surface area (Å²) in [4.78, 5) is 14.6. The lowest BCUT2D eigenvalue weighted by molar-refractivity contribution is -0.403. The molecule has 1 aromatic heterocycles. The van der Waals surface area contributed by atoms with Crippen LogP contribution < -0.4 is 24.8 Å². The summed E-state index contributed by atoms with van der Waals surface area (Å²) in [6, 6.07) is 3.34. The Hall–Kier alpha value is -3.43. The van der Waals surface area contributed by atoms with E-state index < -0.39 is 4.92 Å². The molecule has 0 unspecified atom stereocenters. The van der Waals surface area contributed by atoms with E-state index in [1.54, 1.807) is 18.5 Å². The minimum absolute atomic E-state index is 0.251. The molecule has 0 saturated carbocycles. The van der Waals surface area contributed by atoms with Gasteiger partial charge in [-0.05, 0) is 13.3 Å². The molecular formula is C18H25N5O5. The fourth-order valence-electron chi connectivity index (χ4n) is 2.62. The maximum Gasteiger partial charge on any atom is 0.274 e. The molecule has 1 aromatic carbocycles. The third-order valence-corrected chi connectivity index (χ3v) is 3.85. The standard InChI is InChI=1S/C18H25N5O5/c1-13-10-22(12-20-13)7-5-6-19-17(11-23(24)25)21-14-8-15(26-2)18(28-4)16(9-14)27-3/h8-12,19,21H,5-7H2,1-4H3/b17-11-. The number of anilines is 1. The lowest BCUT2D eigenvalue weighted by atomic mass is 10.2. The van der Waals surface area contributed by atoms with Crippen LogP contribution in [0.15, 0.2) is 36.7 Å². The van der Waals surface area contributed by atoms with Crippen molar-refractivity contribution in [3.05, 3.63) is 52.5 Å². The van der Waals surface area contributed by atoms with E-state index in [-0.39, 0.29) is 5.82 Å². The van der Waals surface area contributed by atoms with Crippen LogP contribution in [0.2, 0.25) is 0 Å². The number of aromatic nitrogens is 2. The number of aryl methyl sites for hydroxylation is 2. The Kier molecular flexibility index (Phi) is 7.49. The number of nitrogens with zero attached hydrogens (tertiary/aromatic N) is 3. The molecule has 1 heterocycles. The molecule has 2 aromatic rings. The Bertz CT molecular complexity index is 809. The number of hydrogen-bond donors (Lipinski definition) is 2. The summed E-state index contributed by atoms with van der Waals surface area (Å²) in [5.74, 6) is 1.58. The van der Waals surface area contributed by atoms with Crippen molar-refractivity contribution < 1.29 is 19.1 Å². The van der Waals surface area contributed by atoms with E-state index >= 15 is 0 Å². The summed E-state index contributed by atoms with van der Waals surface area (Å²) in [6.07, 6.45) is 5.35. The predicted octanol–water partition coefficient (Wildman–Crippen LogP) is 2.38. The van der Waals surface area contributed by atoms with Gasteiger partial charge in [0.25, 0.3) is 6.20 Å². The molecule has 10 heteroatoms. The first-order chi connectivity index (χ1) is 13.5. The highest BCUT2D eigenvalue weighted by molar-refractivity contribution is 5.63. The van der Waals surface area contributed by atoms with Gasteiger partial charge in [-0.25, -0.2) is 4.98 Å². The molecule has 0 saturated heterocycles. The van der Waals surface area contributed by atoms with Gasteiger partial charge in [0.1, 0.15) is 0 Å². The van der Waals surface area contributed by atoms with Gasteiger partial charge in [-0.3, -0.25) is 10.1 Å². The highest BCUT2D eigenvalue weighted by atomic mass is 16.6. The molecule has 28 heavy (non-hydrogen) atoms. The Morgan fingerprint density at radius 2 is 1.93 bits per heavy atom. The summed E-state index contributed by atoms with van der Waals surface area (Å²) in [5, 5.41) is 17.0. The van der Waals surface area contributed by atoms with Gasteiger partial charge in [-0.1, -0.05) is 0 Å². The van der Waals surface area contributed by atoms with Gasteiger partial charge in [0.2, 0.25) is 5.75 Å². The first kappa shape index (κ1) is 20.9. The van der Waals surface area contributed by atoms with Crippen molar-refractivity contribution in [3.8, 4) is 17.2 Å². The van der Waals surface area contributed by atoms with Gasteiger partial charge in [0.15, 0.2) is 17.3 Å². The van der Waals surface area contributed by atoms with E-state index in [1.165, 1.54) is 21.3 Å². The first-order valence-corrected chi connectivity index (χ1v) is 8.61. The zero-order chi connectivity index (χ0) is 20.5. The molecule has 0 bridgehead atoms. The lowest BCUT2D eigenvalue weighted by Gasteiger charge is -2.16. The number of methoxy groups -OCH3 is 3. The number of nitro groups is 1. The van der Waals surface area contributed by atoms with Crippen LogP contribution in [0.4, 0.5) is 5.69 Å². The van der Waals surface area contributed by atoms with Crippen LogP contribution in [0.5, 0.6) is 17.2 Å². The summed E-state index contributed by atoms with van der Waals surface area (Å²) >= 11 is 0. The smallest absolute Gasteiger partial charge is 0.274 e. The summed E-state index contributed by atoms with van der Waals surface area (Å²) < 4.78 is 17.9. The van der Waals surface area contributed by atoms with E-state index in [2.05, 4.69) is 15.6 Å². The van der Waals surface area contributed by atoms with Gasteiger partial charge in [-0.15, -0.1) is 0 Å². The maximum absolute atomic E-state index is 11.0. The highest BCUT2D eigenvalue weighted by Gasteiger charge is 2.14. The number of imidazole rings is 1. The van der Waals surface area contributed by atoms with Crippen LogP contribution in [0.25, 0.3) is 0 Å². The normalized spacial score (nSPS) is 11.1. The van der Waals surface area contributed by atoms with E-state index in [0.717, 1.165) is 24.9 Å². The monoisotopic (exact) mass is 391 g/mol. The number of hydrogen-bond acceptors (Lipinski definition) is 8. The summed E-state index contributed by atoms with van der Waals surface area (Å²) in [6.45, 7) is 3.21. The van der Waals surface area contributed by atoms with Crippen LogP contribution in [-0.2, 0) is 6.54 Å². The average Bonchev–Trinajstić information content (AvgIpc) is 3.08. The number of benzene rings is 1. The van der Waals surface area contributed by atoms with E-state index in [0.29, 0.717) is 29.5 Å². The molecule has 2 rings (SSSR count). The molecule has 0 aliphatic rings. The fourth-order valence-corrected chi connectivity index (χ4v) is 2.62. The summed E-state index contributed by atoms with van der Waals surface area (Å²) in [5.41, 5.74) is 1.51. The van der Waals surface area contributed by atoms with E-state index in [4.69, 9.17) is 14.2 Å². The third-order valence-electron chi connectivity index (χ3n) is 3.85. The topological polar surface area (TPSA) is 113 Å². The quantitative estimate of drug-likeness (QED) is 0.341. The Balaban J connectivity index is 2.06. The lowest BCUT2D eigenvalue weighted by Crippen LogP contribution is -2.23. The van der Waals surface area contributed by atoms with Crippen molar-refractivity contribution in [1.29, 1.82) is 0 Å². The zero-order valence-corrected chi connectivity index (χ0v) is 16.4. The minimum atomic E-state index is -0.521. The second-order valence-electron chi connectivity index (χ2n) is 5.90. The molecule has 0 aliphatic heterocycles. The second kappa shape index (κ2) is 10.0. The van der Waals surface area contributed by atoms with Gasteiger partial charge in [0, 0.05) is 37.1 Å². The van der Waals surface area contributed by atoms with Crippen molar-refractivity contribution in [2.45, 2.75) is 19.9 Å². The zero-order valence-electron chi connectivity index (χ0n) is 16.4. The molecule has 2 N–H and O–H groups in total. The predicted molar refractivity (Wildman–Crippen MR) is 104 cm³/mol. The van der Waals surface area contributed by atoms with Crippen LogP contribution in [-0.4, -0.2) is 42.3 Å². The van der Waals surface area contributed by atoms with Gasteiger partial charge in [0.05, 0.1) is 38.3 Å². The third kappa shape index (κ3) is 5.79. The number of nitrogens with one attached hydrogen (secondary N) is 2. The fraction of sp³-hybridized carbons (Fsp3) is 0.389. The second-order valence-corrected chi connectivity index (χ2v) is 5.90. The summed E-state index contributed by atoms with van der Waals surface area (Å²) in [7, 11) is 4.52. The molecule has 152 valence electrons.